The number of nitrogens with zero attached hydrogens (tertiary/aromatic N) is 6. The Kier molecular flexibility index (Phi) is 9.56. The predicted octanol–water partition coefficient (Wildman–Crippen LogP) is 1.90. The van der Waals surface area contributed by atoms with Crippen molar-refractivity contribution in [2.24, 2.45) is 41.8 Å². The van der Waals surface area contributed by atoms with E-state index in [-0.39, 0.29) is 18.5 Å². The van der Waals surface area contributed by atoms with Crippen molar-refractivity contribution >= 4 is 36.5 Å². The molecule has 2 aliphatic carbocycles. The van der Waals surface area contributed by atoms with Crippen molar-refractivity contribution in [2.45, 2.75) is 81.2 Å². The van der Waals surface area contributed by atoms with Gasteiger partial charge in [0.2, 0.25) is 36.5 Å². The highest BCUT2D eigenvalue weighted by Crippen LogP contribution is 2.47. The van der Waals surface area contributed by atoms with Crippen LogP contribution in [0.15, 0.2) is 30.0 Å². The lowest BCUT2D eigenvalue weighted by Gasteiger charge is -2.42. The minimum atomic E-state index is -1.74. The molecule has 0 aromatic heterocycles. The first-order valence-electron chi connectivity index (χ1n) is 10.5. The molecule has 2 rings (SSSR count). The molecule has 0 unspecified atom stereocenters. The van der Waals surface area contributed by atoms with Gasteiger partial charge in [0, 0.05) is 18.3 Å². The van der Waals surface area contributed by atoms with Gasteiger partial charge in [-0.15, -0.1) is 0 Å². The van der Waals surface area contributed by atoms with E-state index in [0.29, 0.717) is 51.4 Å². The van der Waals surface area contributed by atoms with Crippen LogP contribution < -0.4 is 0 Å². The fourth-order valence-corrected chi connectivity index (χ4v) is 5.04. The third-order valence-electron chi connectivity index (χ3n) is 6.65. The van der Waals surface area contributed by atoms with Crippen LogP contribution in [0.5, 0.6) is 0 Å². The zero-order valence-electron chi connectivity index (χ0n) is 17.8. The highest BCUT2D eigenvalue weighted by atomic mass is 16.1. The van der Waals surface area contributed by atoms with E-state index in [1.165, 1.54) is 36.5 Å². The number of hydrogen-bond donors (Lipinski definition) is 0. The molecule has 0 spiro atoms. The van der Waals surface area contributed by atoms with E-state index in [1.54, 1.807) is 0 Å². The van der Waals surface area contributed by atoms with Gasteiger partial charge in [-0.05, 0) is 51.4 Å². The predicted molar refractivity (Wildman–Crippen MR) is 110 cm³/mol. The summed E-state index contributed by atoms with van der Waals surface area (Å²) in [6, 6.07) is -0.507. The van der Waals surface area contributed by atoms with Crippen LogP contribution in [0.25, 0.3) is 0 Å². The molecule has 2 saturated carbocycles. The Labute approximate surface area is 188 Å². The maximum atomic E-state index is 11.4. The third kappa shape index (κ3) is 6.17. The molecule has 12 nitrogen and oxygen atoms in total. The second-order valence-electron chi connectivity index (χ2n) is 8.20. The molecule has 2 fully saturated rings. The maximum Gasteiger partial charge on any atom is 0.237 e. The third-order valence-corrected chi connectivity index (χ3v) is 6.65. The normalized spacial score (nSPS) is 27.6. The van der Waals surface area contributed by atoms with E-state index in [2.05, 4.69) is 30.0 Å². The molecule has 0 amide bonds. The lowest BCUT2D eigenvalue weighted by atomic mass is 9.70. The van der Waals surface area contributed by atoms with Crippen molar-refractivity contribution in [2.75, 3.05) is 0 Å². The van der Waals surface area contributed by atoms with E-state index in [0.717, 1.165) is 0 Å². The molecule has 33 heavy (non-hydrogen) atoms. The zero-order valence-corrected chi connectivity index (χ0v) is 17.8. The Morgan fingerprint density at radius 3 is 1.03 bits per heavy atom. The van der Waals surface area contributed by atoms with Crippen LogP contribution in [0.3, 0.4) is 0 Å². The van der Waals surface area contributed by atoms with Crippen molar-refractivity contribution in [1.82, 2.24) is 0 Å². The second kappa shape index (κ2) is 12.4. The van der Waals surface area contributed by atoms with E-state index >= 15 is 0 Å². The molecule has 0 N–H and O–H groups in total. The SMILES string of the molecule is O=C=NC1CCC(C(CC(N=C=O)(N=C=O)C2CCC(N=C=O)CC2)(N=C=O)N=C=O)CC1. The Morgan fingerprint density at radius 1 is 0.485 bits per heavy atom. The monoisotopic (exact) mass is 454 g/mol. The molecule has 0 aromatic carbocycles. The van der Waals surface area contributed by atoms with Crippen LogP contribution in [-0.2, 0) is 28.8 Å². The van der Waals surface area contributed by atoms with Gasteiger partial charge in [0.1, 0.15) is 0 Å². The number of aliphatic imine (C=N–C) groups is 6. The van der Waals surface area contributed by atoms with Gasteiger partial charge < -0.3 is 0 Å². The number of hydrogen-bond acceptors (Lipinski definition) is 12. The molecule has 0 aliphatic heterocycles. The van der Waals surface area contributed by atoms with Crippen molar-refractivity contribution in [1.29, 1.82) is 0 Å². The van der Waals surface area contributed by atoms with Crippen LogP contribution >= 0.6 is 0 Å². The van der Waals surface area contributed by atoms with Gasteiger partial charge in [-0.3, -0.25) is 0 Å². The van der Waals surface area contributed by atoms with Crippen LogP contribution in [-0.4, -0.2) is 59.9 Å². The number of carbonyl (C=O) groups excluding carboxylic acids is 6. The molecule has 0 aromatic rings. The molecule has 0 atom stereocenters. The fourth-order valence-electron chi connectivity index (χ4n) is 5.04. The van der Waals surface area contributed by atoms with Gasteiger partial charge in [0.15, 0.2) is 11.3 Å². The summed E-state index contributed by atoms with van der Waals surface area (Å²) in [5.74, 6) is -0.977. The standard InChI is InChI=1S/C21H22N6O6/c28-10-22-18-5-1-16(2-6-18)20(24-12-30,25-13-31)9-21(26-14-32,27-15-33)17-3-7-19(8-4-17)23-11-29/h16-19H,1-9H2. The molecule has 0 radical (unpaired) electrons. The van der Waals surface area contributed by atoms with Gasteiger partial charge in [-0.25, -0.2) is 38.8 Å². The molecular formula is C21H22N6O6. The average molecular weight is 454 g/mol. The molecule has 0 bridgehead atoms. The first-order chi connectivity index (χ1) is 16.0. The van der Waals surface area contributed by atoms with Gasteiger partial charge in [0.05, 0.1) is 12.1 Å². The van der Waals surface area contributed by atoms with Crippen LogP contribution in [0.1, 0.15) is 57.8 Å². The summed E-state index contributed by atoms with van der Waals surface area (Å²) in [5.41, 5.74) is -3.48. The van der Waals surface area contributed by atoms with Crippen molar-refractivity contribution in [3.05, 3.63) is 0 Å². The van der Waals surface area contributed by atoms with Gasteiger partial charge >= 0.3 is 0 Å². The van der Waals surface area contributed by atoms with Gasteiger partial charge in [-0.1, -0.05) is 0 Å². The van der Waals surface area contributed by atoms with E-state index in [1.807, 2.05) is 0 Å². The Morgan fingerprint density at radius 2 is 0.788 bits per heavy atom. The summed E-state index contributed by atoms with van der Waals surface area (Å²) in [6.07, 6.45) is 11.8. The highest BCUT2D eigenvalue weighted by molar-refractivity contribution is 5.43. The largest absolute Gasteiger partial charge is 0.237 e. The van der Waals surface area contributed by atoms with Crippen molar-refractivity contribution in [3.8, 4) is 0 Å². The molecule has 0 heterocycles. The smallest absolute Gasteiger partial charge is 0.211 e. The summed E-state index contributed by atoms with van der Waals surface area (Å²) < 4.78 is 0. The van der Waals surface area contributed by atoms with Crippen LogP contribution in [0.4, 0.5) is 0 Å². The zero-order chi connectivity index (χ0) is 24.2. The van der Waals surface area contributed by atoms with Crippen LogP contribution in [0, 0.1) is 11.8 Å². The molecule has 2 aliphatic rings. The van der Waals surface area contributed by atoms with Crippen molar-refractivity contribution in [3.63, 3.8) is 0 Å². The summed E-state index contributed by atoms with van der Waals surface area (Å²) in [6.45, 7) is 0. The first-order valence-corrected chi connectivity index (χ1v) is 10.5. The van der Waals surface area contributed by atoms with E-state index in [9.17, 15) is 28.8 Å². The number of rotatable bonds is 10. The summed E-state index contributed by atoms with van der Waals surface area (Å²) in [5, 5.41) is 0. The topological polar surface area (TPSA) is 177 Å². The molecule has 12 heteroatoms. The second-order valence-corrected chi connectivity index (χ2v) is 8.20. The maximum absolute atomic E-state index is 11.4. The van der Waals surface area contributed by atoms with Gasteiger partial charge in [0.25, 0.3) is 0 Å². The fraction of sp³-hybridized carbons (Fsp3) is 0.714. The van der Waals surface area contributed by atoms with E-state index in [4.69, 9.17) is 0 Å². The number of isocyanates is 6. The molecule has 172 valence electrons. The Bertz CT molecular complexity index is 874. The van der Waals surface area contributed by atoms with Crippen molar-refractivity contribution < 1.29 is 28.8 Å². The minimum Gasteiger partial charge on any atom is -0.211 e. The minimum absolute atomic E-state index is 0.253. The highest BCUT2D eigenvalue weighted by Gasteiger charge is 2.52. The summed E-state index contributed by atoms with van der Waals surface area (Å²) >= 11 is 0. The van der Waals surface area contributed by atoms with Crippen LogP contribution in [0.2, 0.25) is 0 Å². The Balaban J connectivity index is 2.49. The van der Waals surface area contributed by atoms with E-state index < -0.39 is 23.2 Å². The average Bonchev–Trinajstić information content (AvgIpc) is 2.81. The lowest BCUT2D eigenvalue weighted by Crippen LogP contribution is -2.48. The first kappa shape index (κ1) is 25.5. The molecule has 0 saturated heterocycles. The molecular weight excluding hydrogens is 432 g/mol. The van der Waals surface area contributed by atoms with Gasteiger partial charge in [-0.2, -0.15) is 20.0 Å². The quantitative estimate of drug-likeness (QED) is 0.359. The summed E-state index contributed by atoms with van der Waals surface area (Å²) in [4.78, 5) is 89.5. The Hall–Kier alpha value is -3.72. The summed E-state index contributed by atoms with van der Waals surface area (Å²) in [7, 11) is 0. The lowest BCUT2D eigenvalue weighted by molar-refractivity contribution is 0.114.